The minimum absolute atomic E-state index is 0.0359. The number of hydrogen-bond donors (Lipinski definition) is 4. The van der Waals surface area contributed by atoms with Crippen molar-refractivity contribution < 1.29 is 47.3 Å². The second kappa shape index (κ2) is 12.7. The van der Waals surface area contributed by atoms with Crippen molar-refractivity contribution in [1.82, 2.24) is 4.90 Å². The molecule has 15 heteroatoms. The molecule has 0 atom stereocenters. The molecule has 2 aliphatic heterocycles. The van der Waals surface area contributed by atoms with Gasteiger partial charge in [0, 0.05) is 18.7 Å². The van der Waals surface area contributed by atoms with Crippen molar-refractivity contribution in [2.75, 3.05) is 36.4 Å². The van der Waals surface area contributed by atoms with Gasteiger partial charge in [0.05, 0.1) is 22.6 Å². The first kappa shape index (κ1) is 31.1. The van der Waals surface area contributed by atoms with Crippen molar-refractivity contribution in [3.05, 3.63) is 89.5 Å². The lowest BCUT2D eigenvalue weighted by molar-refractivity contribution is 0.0690. The summed E-state index contributed by atoms with van der Waals surface area (Å²) >= 11 is 0. The SMILES string of the molecule is O=C(c1ccc2c(c1)N(COP(=O)(O)O)C(=O)c1ccccc1N2COP(=O)(O)O)N1CCC(Cc2ccccc2)CC1. The summed E-state index contributed by atoms with van der Waals surface area (Å²) in [7, 11) is -9.95. The highest BCUT2D eigenvalue weighted by Gasteiger charge is 2.34. The molecule has 13 nitrogen and oxygen atoms in total. The number of phosphoric acid groups is 2. The zero-order valence-corrected chi connectivity index (χ0v) is 24.7. The summed E-state index contributed by atoms with van der Waals surface area (Å²) in [5, 5.41) is 0. The highest BCUT2D eigenvalue weighted by molar-refractivity contribution is 7.46. The van der Waals surface area contributed by atoms with E-state index in [2.05, 4.69) is 12.1 Å². The van der Waals surface area contributed by atoms with Gasteiger partial charge in [-0.05, 0) is 61.1 Å². The molecule has 4 N–H and O–H groups in total. The van der Waals surface area contributed by atoms with Crippen molar-refractivity contribution in [2.24, 2.45) is 5.92 Å². The molecule has 1 saturated heterocycles. The lowest BCUT2D eigenvalue weighted by atomic mass is 9.90. The molecular weight excluding hydrogens is 600 g/mol. The zero-order valence-electron chi connectivity index (χ0n) is 22.9. The number of nitrogens with zero attached hydrogens (tertiary/aromatic N) is 3. The summed E-state index contributed by atoms with van der Waals surface area (Å²) < 4.78 is 32.6. The molecule has 0 aliphatic carbocycles. The van der Waals surface area contributed by atoms with E-state index in [1.165, 1.54) is 40.8 Å². The van der Waals surface area contributed by atoms with E-state index >= 15 is 0 Å². The van der Waals surface area contributed by atoms with E-state index in [0.29, 0.717) is 19.0 Å². The summed E-state index contributed by atoms with van der Waals surface area (Å²) in [5.74, 6) is -0.572. The van der Waals surface area contributed by atoms with Crippen molar-refractivity contribution in [1.29, 1.82) is 0 Å². The number of rotatable bonds is 9. The quantitative estimate of drug-likeness (QED) is 0.251. The van der Waals surface area contributed by atoms with Gasteiger partial charge >= 0.3 is 15.6 Å². The minimum atomic E-state index is -5.01. The van der Waals surface area contributed by atoms with Gasteiger partial charge in [-0.15, -0.1) is 0 Å². The second-order valence-electron chi connectivity index (χ2n) is 10.3. The molecule has 5 rings (SSSR count). The summed E-state index contributed by atoms with van der Waals surface area (Å²) in [6, 6.07) is 20.7. The fraction of sp³-hybridized carbons (Fsp3) is 0.286. The van der Waals surface area contributed by atoms with E-state index in [9.17, 15) is 38.3 Å². The number of carbonyl (C=O) groups is 2. The van der Waals surface area contributed by atoms with Crippen LogP contribution in [0.1, 0.15) is 39.1 Å². The fourth-order valence-electron chi connectivity index (χ4n) is 5.38. The molecule has 228 valence electrons. The Labute approximate surface area is 247 Å². The van der Waals surface area contributed by atoms with E-state index in [4.69, 9.17) is 9.05 Å². The first-order valence-electron chi connectivity index (χ1n) is 13.5. The number of anilines is 3. The van der Waals surface area contributed by atoms with E-state index in [0.717, 1.165) is 24.2 Å². The molecule has 0 spiro atoms. The molecule has 0 unspecified atom stereocenters. The number of para-hydroxylation sites is 1. The van der Waals surface area contributed by atoms with Gasteiger partial charge in [-0.25, -0.2) is 9.13 Å². The van der Waals surface area contributed by atoms with E-state index in [1.54, 1.807) is 17.0 Å². The lowest BCUT2D eigenvalue weighted by Crippen LogP contribution is -2.39. The Bertz CT molecular complexity index is 1580. The molecule has 2 aliphatic rings. The number of fused-ring (bicyclic) bond motifs is 2. The first-order valence-corrected chi connectivity index (χ1v) is 16.5. The molecule has 3 aromatic rings. The van der Waals surface area contributed by atoms with Crippen molar-refractivity contribution in [2.45, 2.75) is 19.3 Å². The van der Waals surface area contributed by atoms with Gasteiger partial charge in [0.2, 0.25) is 0 Å². The maximum absolute atomic E-state index is 13.7. The van der Waals surface area contributed by atoms with Crippen LogP contribution < -0.4 is 9.80 Å². The fourth-order valence-corrected chi connectivity index (χ4v) is 5.91. The van der Waals surface area contributed by atoms with Crippen LogP contribution in [0.15, 0.2) is 72.8 Å². The van der Waals surface area contributed by atoms with Crippen LogP contribution in [0.2, 0.25) is 0 Å². The maximum atomic E-state index is 13.7. The number of carbonyl (C=O) groups excluding carboxylic acids is 2. The second-order valence-corrected chi connectivity index (χ2v) is 12.8. The van der Waals surface area contributed by atoms with Gasteiger partial charge in [-0.2, -0.15) is 0 Å². The minimum Gasteiger partial charge on any atom is -0.339 e. The summed E-state index contributed by atoms with van der Waals surface area (Å²) in [6.45, 7) is -0.465. The Morgan fingerprint density at radius 3 is 2.02 bits per heavy atom. The highest BCUT2D eigenvalue weighted by Crippen LogP contribution is 2.45. The number of likely N-dealkylation sites (tertiary alicyclic amines) is 1. The molecule has 0 bridgehead atoms. The van der Waals surface area contributed by atoms with Gasteiger partial charge in [0.1, 0.15) is 13.5 Å². The van der Waals surface area contributed by atoms with Gasteiger partial charge < -0.3 is 29.4 Å². The number of phosphoric ester groups is 2. The van der Waals surface area contributed by atoms with Crippen LogP contribution in [0.5, 0.6) is 0 Å². The third-order valence-electron chi connectivity index (χ3n) is 7.45. The van der Waals surface area contributed by atoms with Crippen LogP contribution in [-0.4, -0.2) is 62.8 Å². The molecule has 3 aromatic carbocycles. The normalized spacial score (nSPS) is 16.1. The Balaban J connectivity index is 1.46. The third-order valence-corrected chi connectivity index (χ3v) is 8.36. The largest absolute Gasteiger partial charge is 0.471 e. The predicted molar refractivity (Wildman–Crippen MR) is 157 cm³/mol. The molecule has 0 aromatic heterocycles. The van der Waals surface area contributed by atoms with E-state index < -0.39 is 35.0 Å². The van der Waals surface area contributed by atoms with Crippen LogP contribution in [0, 0.1) is 5.92 Å². The van der Waals surface area contributed by atoms with Crippen LogP contribution in [0.3, 0.4) is 0 Å². The molecule has 0 radical (unpaired) electrons. The average molecular weight is 632 g/mol. The smallest absolute Gasteiger partial charge is 0.339 e. The number of hydrogen-bond acceptors (Lipinski definition) is 7. The van der Waals surface area contributed by atoms with Gasteiger partial charge in [-0.1, -0.05) is 42.5 Å². The van der Waals surface area contributed by atoms with Gasteiger partial charge in [-0.3, -0.25) is 23.5 Å². The lowest BCUT2D eigenvalue weighted by Gasteiger charge is -2.33. The van der Waals surface area contributed by atoms with E-state index in [1.807, 2.05) is 18.2 Å². The Hall–Kier alpha value is -3.38. The topological polar surface area (TPSA) is 177 Å². The molecule has 0 saturated carbocycles. The van der Waals surface area contributed by atoms with Crippen LogP contribution in [-0.2, 0) is 24.6 Å². The van der Waals surface area contributed by atoms with Crippen LogP contribution in [0.25, 0.3) is 0 Å². The summed E-state index contributed by atoms with van der Waals surface area (Å²) in [5.41, 5.74) is 1.97. The maximum Gasteiger partial charge on any atom is 0.471 e. The standard InChI is InChI=1S/C28H31N3O10P2/c32-27(29-14-12-21(13-15-29)16-20-6-2-1-3-7-20)22-10-11-25-26(17-22)31(19-41-43(37,38)39)28(33)23-8-4-5-9-24(23)30(25)18-40-42(34,35)36/h1-11,17,21H,12-16,18-19H2,(H2,34,35,36)(H2,37,38,39). The predicted octanol–water partition coefficient (Wildman–Crippen LogP) is 4.01. The zero-order chi connectivity index (χ0) is 30.8. The number of benzene rings is 3. The molecule has 2 amide bonds. The van der Waals surface area contributed by atoms with Gasteiger partial charge in [0.15, 0.2) is 0 Å². The van der Waals surface area contributed by atoms with E-state index in [-0.39, 0.29) is 34.1 Å². The Kier molecular flexibility index (Phi) is 9.17. The van der Waals surface area contributed by atoms with Crippen molar-refractivity contribution in [3.8, 4) is 0 Å². The highest BCUT2D eigenvalue weighted by atomic mass is 31.2. The first-order chi connectivity index (χ1) is 20.4. The molecular formula is C28H31N3O10P2. The third kappa shape index (κ3) is 7.59. The number of piperidine rings is 1. The van der Waals surface area contributed by atoms with Crippen molar-refractivity contribution in [3.63, 3.8) is 0 Å². The average Bonchev–Trinajstić information content (AvgIpc) is 3.06. The molecule has 43 heavy (non-hydrogen) atoms. The van der Waals surface area contributed by atoms with Crippen LogP contribution in [0.4, 0.5) is 17.1 Å². The molecule has 1 fully saturated rings. The van der Waals surface area contributed by atoms with Crippen molar-refractivity contribution >= 4 is 44.5 Å². The number of amides is 2. The van der Waals surface area contributed by atoms with Gasteiger partial charge in [0.25, 0.3) is 11.8 Å². The Morgan fingerprint density at radius 2 is 1.37 bits per heavy atom. The molecule has 2 heterocycles. The Morgan fingerprint density at radius 1 is 0.767 bits per heavy atom. The van der Waals surface area contributed by atoms with Crippen LogP contribution >= 0.6 is 15.6 Å². The monoisotopic (exact) mass is 631 g/mol. The summed E-state index contributed by atoms with van der Waals surface area (Å²) in [4.78, 5) is 68.9. The summed E-state index contributed by atoms with van der Waals surface area (Å²) in [6.07, 6.45) is 2.55.